The van der Waals surface area contributed by atoms with E-state index in [2.05, 4.69) is 10.6 Å². The lowest BCUT2D eigenvalue weighted by molar-refractivity contribution is -0.149. The molecule has 0 aliphatic carbocycles. The Morgan fingerprint density at radius 1 is 1.17 bits per heavy atom. The summed E-state index contributed by atoms with van der Waals surface area (Å²) in [4.78, 5) is 34.8. The molecule has 0 heterocycles. The Morgan fingerprint density at radius 3 is 2.48 bits per heavy atom. The van der Waals surface area contributed by atoms with E-state index in [1.165, 1.54) is 13.0 Å². The van der Waals surface area contributed by atoms with E-state index < -0.39 is 24.0 Å². The average molecular weight is 318 g/mol. The molecule has 0 aliphatic rings. The molecule has 1 aromatic carbocycles. The molecule has 1 rings (SSSR count). The second-order valence-electron chi connectivity index (χ2n) is 5.44. The normalized spacial score (nSPS) is 12.0. The smallest absolute Gasteiger partial charge is 0.331 e. The Bertz CT molecular complexity index is 608. The Hall–Kier alpha value is -2.63. The first-order chi connectivity index (χ1) is 10.8. The molecule has 0 radical (unpaired) electrons. The number of carbonyl (C=O) groups is 3. The molecule has 3 amide bonds. The number of carbonyl (C=O) groups excluding carboxylic acids is 3. The van der Waals surface area contributed by atoms with Crippen LogP contribution < -0.4 is 10.6 Å². The zero-order chi connectivity index (χ0) is 17.4. The van der Waals surface area contributed by atoms with Gasteiger partial charge in [-0.3, -0.25) is 10.1 Å². The van der Waals surface area contributed by atoms with Gasteiger partial charge in [-0.05, 0) is 39.3 Å². The van der Waals surface area contributed by atoms with Crippen molar-refractivity contribution in [2.75, 3.05) is 0 Å². The maximum atomic E-state index is 11.7. The molecule has 2 N–H and O–H groups in total. The molecule has 0 bridgehead atoms. The van der Waals surface area contributed by atoms with Crippen LogP contribution in [0.4, 0.5) is 4.79 Å². The quantitative estimate of drug-likeness (QED) is 0.644. The first-order valence-corrected chi connectivity index (χ1v) is 7.34. The van der Waals surface area contributed by atoms with E-state index in [0.717, 1.165) is 11.1 Å². The van der Waals surface area contributed by atoms with Gasteiger partial charge in [0, 0.05) is 12.1 Å². The van der Waals surface area contributed by atoms with Crippen LogP contribution in [0.1, 0.15) is 31.9 Å². The summed E-state index contributed by atoms with van der Waals surface area (Å²) in [5, 5.41) is 4.62. The van der Waals surface area contributed by atoms with Gasteiger partial charge in [0.15, 0.2) is 6.10 Å². The third-order valence-electron chi connectivity index (χ3n) is 2.77. The van der Waals surface area contributed by atoms with E-state index in [1.54, 1.807) is 19.9 Å². The van der Waals surface area contributed by atoms with Crippen LogP contribution >= 0.6 is 0 Å². The largest absolute Gasteiger partial charge is 0.449 e. The van der Waals surface area contributed by atoms with Crippen LogP contribution in [0.25, 0.3) is 6.08 Å². The van der Waals surface area contributed by atoms with Crippen molar-refractivity contribution >= 4 is 24.0 Å². The standard InChI is InChI=1S/C17H22N2O4/c1-11(2)18-17(22)19-16(21)13(4)23-15(20)9-8-14-7-5-6-12(3)10-14/h5-11,13H,1-4H3,(H2,18,19,21,22)/b9-8+/t13-/m0/s1. The van der Waals surface area contributed by atoms with Gasteiger partial charge >= 0.3 is 12.0 Å². The summed E-state index contributed by atoms with van der Waals surface area (Å²) in [6.07, 6.45) is 1.78. The minimum absolute atomic E-state index is 0.0991. The van der Waals surface area contributed by atoms with E-state index in [-0.39, 0.29) is 6.04 Å². The van der Waals surface area contributed by atoms with Crippen molar-refractivity contribution < 1.29 is 19.1 Å². The minimum atomic E-state index is -1.07. The molecule has 1 aromatic rings. The summed E-state index contributed by atoms with van der Waals surface area (Å²) in [7, 11) is 0. The Kier molecular flexibility index (Phi) is 6.99. The highest BCUT2D eigenvalue weighted by Gasteiger charge is 2.19. The minimum Gasteiger partial charge on any atom is -0.449 e. The SMILES string of the molecule is Cc1cccc(/C=C/C(=O)O[C@@H](C)C(=O)NC(=O)NC(C)C)c1. The van der Waals surface area contributed by atoms with Gasteiger partial charge in [-0.25, -0.2) is 9.59 Å². The van der Waals surface area contributed by atoms with Crippen molar-refractivity contribution in [3.8, 4) is 0 Å². The van der Waals surface area contributed by atoms with Crippen LogP contribution in [0, 0.1) is 6.92 Å². The summed E-state index contributed by atoms with van der Waals surface area (Å²) < 4.78 is 4.95. The van der Waals surface area contributed by atoms with Gasteiger partial charge in [0.25, 0.3) is 5.91 Å². The lowest BCUT2D eigenvalue weighted by Crippen LogP contribution is -2.46. The number of nitrogens with one attached hydrogen (secondary N) is 2. The first kappa shape index (κ1) is 18.4. The first-order valence-electron chi connectivity index (χ1n) is 7.34. The molecule has 0 saturated heterocycles. The second-order valence-corrected chi connectivity index (χ2v) is 5.44. The molecule has 124 valence electrons. The molecule has 0 spiro atoms. The highest BCUT2D eigenvalue weighted by Crippen LogP contribution is 2.06. The highest BCUT2D eigenvalue weighted by molar-refractivity contribution is 5.98. The van der Waals surface area contributed by atoms with Gasteiger partial charge in [0.1, 0.15) is 0 Å². The van der Waals surface area contributed by atoms with Crippen molar-refractivity contribution in [1.82, 2.24) is 10.6 Å². The van der Waals surface area contributed by atoms with E-state index in [0.29, 0.717) is 0 Å². The maximum absolute atomic E-state index is 11.7. The van der Waals surface area contributed by atoms with Gasteiger partial charge in [-0.15, -0.1) is 0 Å². The zero-order valence-corrected chi connectivity index (χ0v) is 13.8. The Morgan fingerprint density at radius 2 is 1.87 bits per heavy atom. The molecule has 0 unspecified atom stereocenters. The monoisotopic (exact) mass is 318 g/mol. The van der Waals surface area contributed by atoms with Gasteiger partial charge in [-0.1, -0.05) is 29.8 Å². The fourth-order valence-electron chi connectivity index (χ4n) is 1.72. The lowest BCUT2D eigenvalue weighted by atomic mass is 10.1. The molecule has 6 nitrogen and oxygen atoms in total. The van der Waals surface area contributed by atoms with Gasteiger partial charge in [0.2, 0.25) is 0 Å². The summed E-state index contributed by atoms with van der Waals surface area (Å²) >= 11 is 0. The van der Waals surface area contributed by atoms with Gasteiger partial charge in [-0.2, -0.15) is 0 Å². The molecular formula is C17H22N2O4. The number of esters is 1. The average Bonchev–Trinajstić information content (AvgIpc) is 2.44. The zero-order valence-electron chi connectivity index (χ0n) is 13.8. The van der Waals surface area contributed by atoms with Crippen LogP contribution in [0.3, 0.4) is 0 Å². The number of aryl methyl sites for hydroxylation is 1. The number of benzene rings is 1. The van der Waals surface area contributed by atoms with Crippen LogP contribution in [-0.4, -0.2) is 30.1 Å². The molecule has 0 saturated carbocycles. The second kappa shape index (κ2) is 8.73. The van der Waals surface area contributed by atoms with Crippen molar-refractivity contribution in [1.29, 1.82) is 0 Å². The maximum Gasteiger partial charge on any atom is 0.331 e. The molecular weight excluding hydrogens is 296 g/mol. The predicted molar refractivity (Wildman–Crippen MR) is 87.6 cm³/mol. The number of urea groups is 1. The van der Waals surface area contributed by atoms with E-state index >= 15 is 0 Å². The van der Waals surface area contributed by atoms with Crippen LogP contribution in [-0.2, 0) is 14.3 Å². The third kappa shape index (κ3) is 7.26. The molecule has 0 fully saturated rings. The Labute approximate surface area is 135 Å². The summed E-state index contributed by atoms with van der Waals surface area (Å²) in [6, 6.07) is 6.87. The van der Waals surface area contributed by atoms with Crippen LogP contribution in [0.2, 0.25) is 0 Å². The van der Waals surface area contributed by atoms with Crippen LogP contribution in [0.15, 0.2) is 30.3 Å². The Balaban J connectivity index is 2.49. The topological polar surface area (TPSA) is 84.5 Å². The fourth-order valence-corrected chi connectivity index (χ4v) is 1.72. The highest BCUT2D eigenvalue weighted by atomic mass is 16.5. The molecule has 1 atom stereocenters. The third-order valence-corrected chi connectivity index (χ3v) is 2.77. The number of hydrogen-bond acceptors (Lipinski definition) is 4. The fraction of sp³-hybridized carbons (Fsp3) is 0.353. The number of amides is 3. The molecule has 0 aromatic heterocycles. The molecule has 6 heteroatoms. The number of rotatable bonds is 5. The summed E-state index contributed by atoms with van der Waals surface area (Å²) in [5.74, 6) is -1.33. The summed E-state index contributed by atoms with van der Waals surface area (Å²) in [6.45, 7) is 6.88. The van der Waals surface area contributed by atoms with Crippen LogP contribution in [0.5, 0.6) is 0 Å². The van der Waals surface area contributed by atoms with Crippen molar-refractivity contribution in [2.24, 2.45) is 0 Å². The van der Waals surface area contributed by atoms with Crippen molar-refractivity contribution in [3.05, 3.63) is 41.5 Å². The van der Waals surface area contributed by atoms with Crippen molar-refractivity contribution in [3.63, 3.8) is 0 Å². The number of ether oxygens (including phenoxy) is 1. The van der Waals surface area contributed by atoms with Gasteiger partial charge in [0.05, 0.1) is 0 Å². The van der Waals surface area contributed by atoms with E-state index in [4.69, 9.17) is 4.74 Å². The molecule has 0 aliphatic heterocycles. The van der Waals surface area contributed by atoms with Crippen molar-refractivity contribution in [2.45, 2.75) is 39.8 Å². The number of hydrogen-bond donors (Lipinski definition) is 2. The van der Waals surface area contributed by atoms with E-state index in [9.17, 15) is 14.4 Å². The van der Waals surface area contributed by atoms with Gasteiger partial charge < -0.3 is 10.1 Å². The summed E-state index contributed by atoms with van der Waals surface area (Å²) in [5.41, 5.74) is 1.93. The lowest BCUT2D eigenvalue weighted by Gasteiger charge is -2.13. The number of imide groups is 1. The predicted octanol–water partition coefficient (Wildman–Crippen LogP) is 2.17. The molecule has 23 heavy (non-hydrogen) atoms. The van der Waals surface area contributed by atoms with E-state index in [1.807, 2.05) is 31.2 Å².